The van der Waals surface area contributed by atoms with Crippen LogP contribution in [0.4, 0.5) is 20.6 Å². The van der Waals surface area contributed by atoms with Crippen LogP contribution in [0, 0.1) is 5.82 Å². The number of methoxy groups -OCH3 is 1. The number of anilines is 2. The van der Waals surface area contributed by atoms with E-state index in [1.165, 1.54) is 18.2 Å². The number of nitrogens with one attached hydrogen (secondary N) is 1. The van der Waals surface area contributed by atoms with Gasteiger partial charge in [-0.1, -0.05) is 11.6 Å². The number of nitrogens with zero attached hydrogens (tertiary/aromatic N) is 4. The summed E-state index contributed by atoms with van der Waals surface area (Å²) < 4.78 is 20.5. The number of aromatic nitrogens is 2. The summed E-state index contributed by atoms with van der Waals surface area (Å²) in [7, 11) is 1.59. The van der Waals surface area contributed by atoms with Gasteiger partial charge in [0.05, 0.1) is 60.8 Å². The average molecular weight is 422 g/mol. The van der Waals surface area contributed by atoms with Crippen LogP contribution < -0.4 is 10.2 Å². The summed E-state index contributed by atoms with van der Waals surface area (Å²) >= 11 is 5.80. The zero-order chi connectivity index (χ0) is 20.7. The van der Waals surface area contributed by atoms with Gasteiger partial charge in [0.25, 0.3) is 0 Å². The van der Waals surface area contributed by atoms with Gasteiger partial charge < -0.3 is 19.9 Å². The first-order valence-electron chi connectivity index (χ1n) is 9.28. The Morgan fingerprint density at radius 1 is 1.38 bits per heavy atom. The third-order valence-electron chi connectivity index (χ3n) is 5.36. The minimum atomic E-state index is -0.547. The Morgan fingerprint density at radius 3 is 2.86 bits per heavy atom. The first-order chi connectivity index (χ1) is 13.9. The molecule has 0 bridgehead atoms. The maximum atomic E-state index is 13.4. The van der Waals surface area contributed by atoms with Crippen molar-refractivity contribution in [2.75, 3.05) is 23.9 Å². The fourth-order valence-corrected chi connectivity index (χ4v) is 3.90. The van der Waals surface area contributed by atoms with Gasteiger partial charge in [-0.25, -0.2) is 9.18 Å². The van der Waals surface area contributed by atoms with E-state index < -0.39 is 5.82 Å². The van der Waals surface area contributed by atoms with Crippen LogP contribution in [0.15, 0.2) is 24.4 Å². The van der Waals surface area contributed by atoms with E-state index in [4.69, 9.17) is 16.3 Å². The number of hydrogen-bond donors (Lipinski definition) is 1. The Labute approximate surface area is 172 Å². The Kier molecular flexibility index (Phi) is 5.18. The largest absolute Gasteiger partial charge is 0.379 e. The number of urea groups is 1. The number of rotatable bonds is 3. The maximum Gasteiger partial charge on any atom is 0.322 e. The zero-order valence-electron chi connectivity index (χ0n) is 16.1. The van der Waals surface area contributed by atoms with Crippen molar-refractivity contribution in [2.45, 2.75) is 38.6 Å². The summed E-state index contributed by atoms with van der Waals surface area (Å²) in [5.74, 6) is -0.572. The van der Waals surface area contributed by atoms with Crippen LogP contribution >= 0.6 is 11.6 Å². The van der Waals surface area contributed by atoms with Gasteiger partial charge in [-0.05, 0) is 25.1 Å². The summed E-state index contributed by atoms with van der Waals surface area (Å²) in [6.45, 7) is 3.18. The molecule has 1 aromatic heterocycles. The third kappa shape index (κ3) is 3.67. The van der Waals surface area contributed by atoms with Gasteiger partial charge in [0.15, 0.2) is 0 Å². The second-order valence-electron chi connectivity index (χ2n) is 7.26. The normalized spacial score (nSPS) is 21.4. The molecule has 1 unspecified atom stereocenters. The Balaban J connectivity index is 1.54. The van der Waals surface area contributed by atoms with Crippen LogP contribution in [0.1, 0.15) is 19.0 Å². The Morgan fingerprint density at radius 2 is 2.17 bits per heavy atom. The topological polar surface area (TPSA) is 79.7 Å². The summed E-state index contributed by atoms with van der Waals surface area (Å²) in [4.78, 5) is 28.6. The highest BCUT2D eigenvalue weighted by molar-refractivity contribution is 6.31. The van der Waals surface area contributed by atoms with Gasteiger partial charge in [0.2, 0.25) is 5.91 Å². The van der Waals surface area contributed by atoms with Gasteiger partial charge in [0, 0.05) is 12.8 Å². The van der Waals surface area contributed by atoms with Crippen LogP contribution in [-0.2, 0) is 22.6 Å². The molecule has 0 radical (unpaired) electrons. The molecule has 2 atom stereocenters. The molecule has 4 rings (SSSR count). The lowest BCUT2D eigenvalue weighted by Gasteiger charge is -2.35. The SMILES string of the molecule is COC1CC(=O)N(c2cnn3c2CN(C(=O)Nc2ccc(F)c(Cl)c2)[C@@H](C)C3)C1. The molecular formula is C19H21ClFN5O3. The van der Waals surface area contributed by atoms with Gasteiger partial charge in [-0.2, -0.15) is 5.10 Å². The second kappa shape index (κ2) is 7.64. The van der Waals surface area contributed by atoms with Gasteiger partial charge >= 0.3 is 6.03 Å². The molecule has 8 nitrogen and oxygen atoms in total. The van der Waals surface area contributed by atoms with Crippen LogP contribution in [0.5, 0.6) is 0 Å². The predicted octanol–water partition coefficient (Wildman–Crippen LogP) is 2.86. The number of halogens is 2. The number of hydrogen-bond acceptors (Lipinski definition) is 4. The Bertz CT molecular complexity index is 965. The van der Waals surface area contributed by atoms with E-state index in [1.54, 1.807) is 23.1 Å². The molecule has 1 aromatic carbocycles. The summed E-state index contributed by atoms with van der Waals surface area (Å²) in [5, 5.41) is 7.09. The molecule has 0 aliphatic carbocycles. The van der Waals surface area contributed by atoms with Crippen LogP contribution in [0.2, 0.25) is 5.02 Å². The molecule has 154 valence electrons. The van der Waals surface area contributed by atoms with Crippen molar-refractivity contribution >= 4 is 34.9 Å². The van der Waals surface area contributed by atoms with Crippen molar-refractivity contribution in [1.82, 2.24) is 14.7 Å². The number of amides is 3. The summed E-state index contributed by atoms with van der Waals surface area (Å²) in [6.07, 6.45) is 1.84. The predicted molar refractivity (Wildman–Crippen MR) is 105 cm³/mol. The standard InChI is InChI=1S/C19H21ClFN5O3/c1-11-8-26-17(16(7-22-26)25-9-13(29-2)6-18(25)27)10-24(11)19(28)23-12-3-4-15(21)14(20)5-12/h3-5,7,11,13H,6,8-10H2,1-2H3,(H,23,28)/t11-,13?/m0/s1. The van der Waals surface area contributed by atoms with Crippen molar-refractivity contribution in [3.63, 3.8) is 0 Å². The van der Waals surface area contributed by atoms with Crippen molar-refractivity contribution in [2.24, 2.45) is 0 Å². The summed E-state index contributed by atoms with van der Waals surface area (Å²) in [5.41, 5.74) is 1.90. The van der Waals surface area contributed by atoms with E-state index >= 15 is 0 Å². The fraction of sp³-hybridized carbons (Fsp3) is 0.421. The van der Waals surface area contributed by atoms with E-state index in [0.717, 1.165) is 5.69 Å². The van der Waals surface area contributed by atoms with E-state index in [9.17, 15) is 14.0 Å². The molecule has 0 spiro atoms. The monoisotopic (exact) mass is 421 g/mol. The fourth-order valence-electron chi connectivity index (χ4n) is 3.72. The third-order valence-corrected chi connectivity index (χ3v) is 5.65. The van der Waals surface area contributed by atoms with E-state index in [2.05, 4.69) is 10.4 Å². The van der Waals surface area contributed by atoms with Crippen molar-refractivity contribution in [3.05, 3.63) is 40.9 Å². The molecule has 2 aliphatic heterocycles. The minimum absolute atomic E-state index is 0.0248. The van der Waals surface area contributed by atoms with Crippen molar-refractivity contribution in [3.8, 4) is 0 Å². The first kappa shape index (κ1) is 19.7. The number of benzene rings is 1. The van der Waals surface area contributed by atoms with E-state index in [1.807, 2.05) is 11.6 Å². The Hall–Kier alpha value is -2.65. The molecule has 0 saturated carbocycles. The maximum absolute atomic E-state index is 13.4. The van der Waals surface area contributed by atoms with Crippen LogP contribution in [0.3, 0.4) is 0 Å². The molecule has 29 heavy (non-hydrogen) atoms. The molecule has 10 heteroatoms. The number of fused-ring (bicyclic) bond motifs is 1. The number of carbonyl (C=O) groups is 2. The van der Waals surface area contributed by atoms with Crippen LogP contribution in [0.25, 0.3) is 0 Å². The smallest absolute Gasteiger partial charge is 0.322 e. The lowest BCUT2D eigenvalue weighted by molar-refractivity contribution is -0.117. The lowest BCUT2D eigenvalue weighted by Crippen LogP contribution is -2.47. The average Bonchev–Trinajstić information content (AvgIpc) is 3.26. The molecule has 1 fully saturated rings. The number of carbonyl (C=O) groups excluding carboxylic acids is 2. The van der Waals surface area contributed by atoms with E-state index in [0.29, 0.717) is 37.4 Å². The van der Waals surface area contributed by atoms with E-state index in [-0.39, 0.29) is 29.1 Å². The quantitative estimate of drug-likeness (QED) is 0.826. The number of ether oxygens (including phenoxy) is 1. The van der Waals surface area contributed by atoms with Crippen molar-refractivity contribution < 1.29 is 18.7 Å². The molecular weight excluding hydrogens is 401 g/mol. The molecule has 3 amide bonds. The highest BCUT2D eigenvalue weighted by Gasteiger charge is 2.36. The highest BCUT2D eigenvalue weighted by Crippen LogP contribution is 2.31. The van der Waals surface area contributed by atoms with Gasteiger partial charge in [0.1, 0.15) is 5.82 Å². The van der Waals surface area contributed by atoms with Crippen LogP contribution in [-0.4, -0.2) is 52.4 Å². The molecule has 2 aliphatic rings. The minimum Gasteiger partial charge on any atom is -0.379 e. The second-order valence-corrected chi connectivity index (χ2v) is 7.67. The molecule has 1 N–H and O–H groups in total. The summed E-state index contributed by atoms with van der Waals surface area (Å²) in [6, 6.07) is 3.58. The lowest BCUT2D eigenvalue weighted by atomic mass is 10.2. The molecule has 1 saturated heterocycles. The first-order valence-corrected chi connectivity index (χ1v) is 9.65. The van der Waals surface area contributed by atoms with Crippen molar-refractivity contribution in [1.29, 1.82) is 0 Å². The molecule has 2 aromatic rings. The zero-order valence-corrected chi connectivity index (χ0v) is 16.8. The molecule has 3 heterocycles. The van der Waals surface area contributed by atoms with Gasteiger partial charge in [-0.15, -0.1) is 0 Å². The highest BCUT2D eigenvalue weighted by atomic mass is 35.5. The van der Waals surface area contributed by atoms with Gasteiger partial charge in [-0.3, -0.25) is 9.48 Å².